The third-order valence-electron chi connectivity index (χ3n) is 4.85. The minimum atomic E-state index is -0.0165. The molecule has 2 atom stereocenters. The molecule has 0 aliphatic carbocycles. The van der Waals surface area contributed by atoms with Crippen molar-refractivity contribution in [2.75, 3.05) is 13.1 Å². The van der Waals surface area contributed by atoms with E-state index in [1.165, 1.54) is 5.56 Å². The highest BCUT2D eigenvalue weighted by atomic mass is 16.5. The average Bonchev–Trinajstić information content (AvgIpc) is 3.29. The molecular weight excluding hydrogens is 328 g/mol. The Morgan fingerprint density at radius 2 is 1.85 bits per heavy atom. The van der Waals surface area contributed by atoms with Gasteiger partial charge in [-0.2, -0.15) is 4.98 Å². The number of amides is 1. The highest BCUT2D eigenvalue weighted by Crippen LogP contribution is 2.39. The van der Waals surface area contributed by atoms with E-state index in [0.29, 0.717) is 30.4 Å². The van der Waals surface area contributed by atoms with E-state index >= 15 is 0 Å². The number of likely N-dealkylation sites (tertiary alicyclic amines) is 1. The summed E-state index contributed by atoms with van der Waals surface area (Å²) in [5.41, 5.74) is 2.67. The Bertz CT molecular complexity index is 905. The number of hydrogen-bond donors (Lipinski definition) is 0. The van der Waals surface area contributed by atoms with Gasteiger partial charge in [0.1, 0.15) is 0 Å². The van der Waals surface area contributed by atoms with Crippen LogP contribution in [-0.4, -0.2) is 39.0 Å². The van der Waals surface area contributed by atoms with E-state index in [9.17, 15) is 4.79 Å². The Morgan fingerprint density at radius 3 is 2.50 bits per heavy atom. The van der Waals surface area contributed by atoms with Gasteiger partial charge in [0, 0.05) is 30.9 Å². The predicted octanol–water partition coefficient (Wildman–Crippen LogP) is 3.10. The molecule has 4 rings (SSSR count). The topological polar surface area (TPSA) is 72.1 Å². The third-order valence-corrected chi connectivity index (χ3v) is 4.85. The standard InChI is InChI=1S/C20H20N4O2/c1-13-8-9-16(10-21-13)20(25)24-11-17(15-6-4-3-5-7-15)18(12-24)19-22-14(2)23-26-19/h3-10,17-18H,11-12H2,1-2H3/t17-,18+/m0/s1. The van der Waals surface area contributed by atoms with Gasteiger partial charge in [0.05, 0.1) is 11.5 Å². The van der Waals surface area contributed by atoms with Crippen LogP contribution in [0.1, 0.15) is 45.2 Å². The lowest BCUT2D eigenvalue weighted by Gasteiger charge is -2.16. The van der Waals surface area contributed by atoms with Crippen molar-refractivity contribution < 1.29 is 9.32 Å². The Kier molecular flexibility index (Phi) is 4.24. The minimum absolute atomic E-state index is 0.0130. The minimum Gasteiger partial charge on any atom is -0.339 e. The number of rotatable bonds is 3. The molecule has 1 amide bonds. The summed E-state index contributed by atoms with van der Waals surface area (Å²) in [5.74, 6) is 1.30. The molecule has 3 heterocycles. The molecule has 0 radical (unpaired) electrons. The van der Waals surface area contributed by atoms with Crippen LogP contribution in [0.15, 0.2) is 53.2 Å². The summed E-state index contributed by atoms with van der Waals surface area (Å²) >= 11 is 0. The van der Waals surface area contributed by atoms with E-state index in [1.807, 2.05) is 42.2 Å². The number of benzene rings is 1. The smallest absolute Gasteiger partial charge is 0.255 e. The van der Waals surface area contributed by atoms with Crippen LogP contribution in [0.3, 0.4) is 0 Å². The van der Waals surface area contributed by atoms with E-state index in [1.54, 1.807) is 13.1 Å². The van der Waals surface area contributed by atoms with Crippen LogP contribution in [-0.2, 0) is 0 Å². The summed E-state index contributed by atoms with van der Waals surface area (Å²) in [6, 6.07) is 13.9. The molecule has 132 valence electrons. The van der Waals surface area contributed by atoms with Gasteiger partial charge >= 0.3 is 0 Å². The van der Waals surface area contributed by atoms with Gasteiger partial charge in [-0.05, 0) is 31.5 Å². The molecule has 0 spiro atoms. The second-order valence-corrected chi connectivity index (χ2v) is 6.70. The number of aromatic nitrogens is 3. The van der Waals surface area contributed by atoms with Crippen LogP contribution < -0.4 is 0 Å². The van der Waals surface area contributed by atoms with E-state index < -0.39 is 0 Å². The normalized spacial score (nSPS) is 19.7. The molecule has 0 unspecified atom stereocenters. The first-order chi connectivity index (χ1) is 12.6. The van der Waals surface area contributed by atoms with Gasteiger partial charge in [-0.1, -0.05) is 35.5 Å². The van der Waals surface area contributed by atoms with Crippen LogP contribution in [0, 0.1) is 13.8 Å². The van der Waals surface area contributed by atoms with Crippen molar-refractivity contribution in [1.82, 2.24) is 20.0 Å². The van der Waals surface area contributed by atoms with Gasteiger partial charge < -0.3 is 9.42 Å². The fraction of sp³-hybridized carbons (Fsp3) is 0.300. The molecule has 3 aromatic rings. The van der Waals surface area contributed by atoms with Gasteiger partial charge in [-0.15, -0.1) is 0 Å². The summed E-state index contributed by atoms with van der Waals surface area (Å²) in [7, 11) is 0. The third kappa shape index (κ3) is 3.10. The maximum absolute atomic E-state index is 12.9. The maximum Gasteiger partial charge on any atom is 0.255 e. The lowest BCUT2D eigenvalue weighted by molar-refractivity contribution is 0.0787. The van der Waals surface area contributed by atoms with Crippen LogP contribution in [0.5, 0.6) is 0 Å². The van der Waals surface area contributed by atoms with E-state index in [2.05, 4.69) is 27.3 Å². The monoisotopic (exact) mass is 348 g/mol. The lowest BCUT2D eigenvalue weighted by atomic mass is 9.89. The Balaban J connectivity index is 1.64. The highest BCUT2D eigenvalue weighted by molar-refractivity contribution is 5.94. The van der Waals surface area contributed by atoms with Gasteiger partial charge in [-0.25, -0.2) is 0 Å². The SMILES string of the molecule is Cc1ccc(C(=O)N2C[C@@H](c3ccccc3)[C@H](c3nc(C)no3)C2)cn1. The number of aryl methyl sites for hydroxylation is 2. The molecule has 0 saturated carbocycles. The lowest BCUT2D eigenvalue weighted by Crippen LogP contribution is -2.29. The Labute approximate surface area is 151 Å². The average molecular weight is 348 g/mol. The first-order valence-corrected chi connectivity index (χ1v) is 8.69. The van der Waals surface area contributed by atoms with Crippen molar-refractivity contribution in [1.29, 1.82) is 0 Å². The number of nitrogens with zero attached hydrogens (tertiary/aromatic N) is 4. The molecule has 6 nitrogen and oxygen atoms in total. The van der Waals surface area contributed by atoms with Crippen LogP contribution >= 0.6 is 0 Å². The summed E-state index contributed by atoms with van der Waals surface area (Å²) in [6.45, 7) is 4.88. The van der Waals surface area contributed by atoms with E-state index in [-0.39, 0.29) is 17.7 Å². The molecule has 1 aliphatic heterocycles. The second-order valence-electron chi connectivity index (χ2n) is 6.70. The van der Waals surface area contributed by atoms with Crippen molar-refractivity contribution in [2.24, 2.45) is 0 Å². The van der Waals surface area contributed by atoms with Crippen molar-refractivity contribution in [2.45, 2.75) is 25.7 Å². The van der Waals surface area contributed by atoms with Gasteiger partial charge in [-0.3, -0.25) is 9.78 Å². The van der Waals surface area contributed by atoms with Crippen LogP contribution in [0.4, 0.5) is 0 Å². The number of carbonyl (C=O) groups is 1. The Hall–Kier alpha value is -3.02. The summed E-state index contributed by atoms with van der Waals surface area (Å²) in [6.07, 6.45) is 1.64. The van der Waals surface area contributed by atoms with Crippen LogP contribution in [0.2, 0.25) is 0 Å². The fourth-order valence-electron chi connectivity index (χ4n) is 3.50. The summed E-state index contributed by atoms with van der Waals surface area (Å²) in [5, 5.41) is 3.93. The second kappa shape index (κ2) is 6.71. The number of carbonyl (C=O) groups excluding carboxylic acids is 1. The van der Waals surface area contributed by atoms with Crippen molar-refractivity contribution >= 4 is 5.91 Å². The molecule has 2 aromatic heterocycles. The molecule has 6 heteroatoms. The predicted molar refractivity (Wildman–Crippen MR) is 95.8 cm³/mol. The van der Waals surface area contributed by atoms with Crippen molar-refractivity contribution in [3.05, 3.63) is 77.2 Å². The first kappa shape index (κ1) is 16.4. The van der Waals surface area contributed by atoms with E-state index in [0.717, 1.165) is 5.69 Å². The molecular formula is C20H20N4O2. The van der Waals surface area contributed by atoms with Crippen molar-refractivity contribution in [3.63, 3.8) is 0 Å². The molecule has 0 N–H and O–H groups in total. The highest BCUT2D eigenvalue weighted by Gasteiger charge is 2.40. The van der Waals surface area contributed by atoms with E-state index in [4.69, 9.17) is 4.52 Å². The Morgan fingerprint density at radius 1 is 1.08 bits per heavy atom. The fourth-order valence-corrected chi connectivity index (χ4v) is 3.50. The molecule has 1 aliphatic rings. The van der Waals surface area contributed by atoms with Gasteiger partial charge in [0.15, 0.2) is 5.82 Å². The molecule has 0 bridgehead atoms. The number of hydrogen-bond acceptors (Lipinski definition) is 5. The quantitative estimate of drug-likeness (QED) is 0.727. The number of pyridine rings is 1. The van der Waals surface area contributed by atoms with Gasteiger partial charge in [0.25, 0.3) is 5.91 Å². The summed E-state index contributed by atoms with van der Waals surface area (Å²) < 4.78 is 5.44. The zero-order valence-corrected chi connectivity index (χ0v) is 14.8. The molecule has 26 heavy (non-hydrogen) atoms. The van der Waals surface area contributed by atoms with Crippen molar-refractivity contribution in [3.8, 4) is 0 Å². The maximum atomic E-state index is 12.9. The summed E-state index contributed by atoms with van der Waals surface area (Å²) in [4.78, 5) is 23.5. The zero-order valence-electron chi connectivity index (χ0n) is 14.8. The van der Waals surface area contributed by atoms with Crippen LogP contribution in [0.25, 0.3) is 0 Å². The van der Waals surface area contributed by atoms with Gasteiger partial charge in [0.2, 0.25) is 5.89 Å². The zero-order chi connectivity index (χ0) is 18.1. The largest absolute Gasteiger partial charge is 0.339 e. The molecule has 1 saturated heterocycles. The first-order valence-electron chi connectivity index (χ1n) is 8.69. The molecule has 1 fully saturated rings. The molecule has 1 aromatic carbocycles.